The highest BCUT2D eigenvalue weighted by Crippen LogP contribution is 2.20. The van der Waals surface area contributed by atoms with E-state index in [2.05, 4.69) is 25.6 Å². The first-order valence-corrected chi connectivity index (χ1v) is 7.75. The van der Waals surface area contributed by atoms with E-state index in [4.69, 9.17) is 0 Å². The topological polar surface area (TPSA) is 59.1 Å². The van der Waals surface area contributed by atoms with Gasteiger partial charge in [-0.1, -0.05) is 36.7 Å². The average molecular weight is 321 g/mol. The maximum absolute atomic E-state index is 11.8. The Morgan fingerprint density at radius 1 is 1.41 bits per heavy atom. The summed E-state index contributed by atoms with van der Waals surface area (Å²) in [5, 5.41) is 0. The van der Waals surface area contributed by atoms with Crippen LogP contribution in [-0.4, -0.2) is 19.2 Å². The van der Waals surface area contributed by atoms with E-state index in [0.717, 1.165) is 4.47 Å². The van der Waals surface area contributed by atoms with E-state index < -0.39 is 10.0 Å². The van der Waals surface area contributed by atoms with E-state index in [1.165, 1.54) is 0 Å². The molecule has 0 radical (unpaired) electrons. The van der Waals surface area contributed by atoms with Gasteiger partial charge in [0.25, 0.3) is 0 Å². The van der Waals surface area contributed by atoms with Crippen LogP contribution in [0, 0.1) is 5.41 Å². The molecular formula is C11H17BrN2O2S. The van der Waals surface area contributed by atoms with Crippen LogP contribution in [0.3, 0.4) is 0 Å². The van der Waals surface area contributed by atoms with E-state index in [1.807, 2.05) is 20.8 Å². The maximum atomic E-state index is 11.8. The molecule has 1 rings (SSSR count). The quantitative estimate of drug-likeness (QED) is 0.927. The van der Waals surface area contributed by atoms with E-state index >= 15 is 0 Å². The molecule has 0 bridgehead atoms. The normalized spacial score (nSPS) is 12.5. The Morgan fingerprint density at radius 3 is 2.59 bits per heavy atom. The lowest BCUT2D eigenvalue weighted by atomic mass is 9.94. The summed E-state index contributed by atoms with van der Waals surface area (Å²) < 4.78 is 26.8. The smallest absolute Gasteiger partial charge is 0.233 e. The van der Waals surface area contributed by atoms with Crippen molar-refractivity contribution in [2.75, 3.05) is 10.5 Å². The third-order valence-electron chi connectivity index (χ3n) is 2.10. The van der Waals surface area contributed by atoms with Crippen LogP contribution in [-0.2, 0) is 10.0 Å². The molecule has 1 heterocycles. The molecule has 0 spiro atoms. The summed E-state index contributed by atoms with van der Waals surface area (Å²) in [6, 6.07) is 3.38. The van der Waals surface area contributed by atoms with Gasteiger partial charge in [0.2, 0.25) is 10.0 Å². The van der Waals surface area contributed by atoms with Crippen molar-refractivity contribution in [2.24, 2.45) is 5.41 Å². The molecule has 0 saturated heterocycles. The number of halogens is 1. The molecule has 0 aliphatic rings. The molecule has 1 N–H and O–H groups in total. The van der Waals surface area contributed by atoms with Crippen molar-refractivity contribution in [3.8, 4) is 0 Å². The second kappa shape index (κ2) is 5.35. The Hall–Kier alpha value is -0.620. The minimum Gasteiger partial charge on any atom is -0.267 e. The average Bonchev–Trinajstić information content (AvgIpc) is 2.13. The summed E-state index contributed by atoms with van der Waals surface area (Å²) in [4.78, 5) is 3.95. The molecule has 0 saturated carbocycles. The number of nitrogens with one attached hydrogen (secondary N) is 1. The standard InChI is InChI=1S/C11H17BrN2O2S/c1-11(2,3)5-7-17(15,16)14-10-8-9(12)4-6-13-10/h4,6,8H,5,7H2,1-3H3,(H,13,14). The van der Waals surface area contributed by atoms with Gasteiger partial charge < -0.3 is 0 Å². The number of sulfonamides is 1. The number of pyridine rings is 1. The molecule has 17 heavy (non-hydrogen) atoms. The van der Waals surface area contributed by atoms with Gasteiger partial charge in [0.05, 0.1) is 5.75 Å². The number of rotatable bonds is 4. The van der Waals surface area contributed by atoms with Gasteiger partial charge in [0.15, 0.2) is 0 Å². The summed E-state index contributed by atoms with van der Waals surface area (Å²) in [6.07, 6.45) is 2.15. The zero-order chi connectivity index (χ0) is 13.1. The van der Waals surface area contributed by atoms with Crippen molar-refractivity contribution in [1.29, 1.82) is 0 Å². The van der Waals surface area contributed by atoms with Crippen molar-refractivity contribution in [3.63, 3.8) is 0 Å². The highest BCUT2D eigenvalue weighted by atomic mass is 79.9. The van der Waals surface area contributed by atoms with Crippen LogP contribution in [0.15, 0.2) is 22.8 Å². The second-order valence-corrected chi connectivity index (χ2v) is 7.85. The molecule has 4 nitrogen and oxygen atoms in total. The minimum absolute atomic E-state index is 0.000546. The Morgan fingerprint density at radius 2 is 2.06 bits per heavy atom. The van der Waals surface area contributed by atoms with Gasteiger partial charge in [-0.15, -0.1) is 0 Å². The van der Waals surface area contributed by atoms with Crippen LogP contribution in [0.25, 0.3) is 0 Å². The number of hydrogen-bond donors (Lipinski definition) is 1. The zero-order valence-corrected chi connectivity index (χ0v) is 12.6. The molecule has 96 valence electrons. The van der Waals surface area contributed by atoms with Gasteiger partial charge in [-0.05, 0) is 24.0 Å². The Labute approximate surface area is 111 Å². The minimum atomic E-state index is -3.32. The largest absolute Gasteiger partial charge is 0.267 e. The molecule has 1 aromatic heterocycles. The summed E-state index contributed by atoms with van der Waals surface area (Å²) >= 11 is 3.27. The van der Waals surface area contributed by atoms with Crippen molar-refractivity contribution < 1.29 is 8.42 Å². The Balaban J connectivity index is 2.67. The van der Waals surface area contributed by atoms with E-state index in [-0.39, 0.29) is 11.2 Å². The van der Waals surface area contributed by atoms with Gasteiger partial charge in [-0.3, -0.25) is 4.72 Å². The lowest BCUT2D eigenvalue weighted by Crippen LogP contribution is -2.21. The highest BCUT2D eigenvalue weighted by molar-refractivity contribution is 9.10. The summed E-state index contributed by atoms with van der Waals surface area (Å²) in [7, 11) is -3.32. The lowest BCUT2D eigenvalue weighted by Gasteiger charge is -2.17. The molecule has 0 aliphatic carbocycles. The second-order valence-electron chi connectivity index (χ2n) is 5.09. The van der Waals surface area contributed by atoms with Crippen molar-refractivity contribution in [1.82, 2.24) is 4.98 Å². The summed E-state index contributed by atoms with van der Waals surface area (Å²) in [6.45, 7) is 6.04. The number of anilines is 1. The SMILES string of the molecule is CC(C)(C)CCS(=O)(=O)Nc1cc(Br)ccn1. The third kappa shape index (κ3) is 6.02. The van der Waals surface area contributed by atoms with Crippen LogP contribution in [0.5, 0.6) is 0 Å². The number of nitrogens with zero attached hydrogens (tertiary/aromatic N) is 1. The summed E-state index contributed by atoms with van der Waals surface area (Å²) in [5.74, 6) is 0.443. The lowest BCUT2D eigenvalue weighted by molar-refractivity contribution is 0.397. The van der Waals surface area contributed by atoms with Gasteiger partial charge >= 0.3 is 0 Å². The monoisotopic (exact) mass is 320 g/mol. The third-order valence-corrected chi connectivity index (χ3v) is 3.86. The molecular weight excluding hydrogens is 304 g/mol. The fourth-order valence-electron chi connectivity index (χ4n) is 1.11. The van der Waals surface area contributed by atoms with Gasteiger partial charge in [-0.2, -0.15) is 0 Å². The van der Waals surface area contributed by atoms with Gasteiger partial charge in [-0.25, -0.2) is 13.4 Å². The molecule has 0 aliphatic heterocycles. The first-order chi connectivity index (χ1) is 7.68. The van der Waals surface area contributed by atoms with Crippen LogP contribution < -0.4 is 4.72 Å². The molecule has 0 fully saturated rings. The van der Waals surface area contributed by atoms with E-state index in [1.54, 1.807) is 18.3 Å². The molecule has 0 amide bonds. The molecule has 6 heteroatoms. The first-order valence-electron chi connectivity index (χ1n) is 5.30. The number of aromatic nitrogens is 1. The molecule has 1 aromatic rings. The predicted octanol–water partition coefficient (Wildman–Crippen LogP) is 3.02. The van der Waals surface area contributed by atoms with Crippen LogP contribution in [0.1, 0.15) is 27.2 Å². The fourth-order valence-corrected chi connectivity index (χ4v) is 2.86. The van der Waals surface area contributed by atoms with Crippen molar-refractivity contribution >= 4 is 31.8 Å². The van der Waals surface area contributed by atoms with Crippen LogP contribution in [0.2, 0.25) is 0 Å². The number of hydrogen-bond acceptors (Lipinski definition) is 3. The van der Waals surface area contributed by atoms with Gasteiger partial charge in [0, 0.05) is 10.7 Å². The fraction of sp³-hybridized carbons (Fsp3) is 0.545. The maximum Gasteiger partial charge on any atom is 0.233 e. The highest BCUT2D eigenvalue weighted by Gasteiger charge is 2.17. The molecule has 0 aromatic carbocycles. The van der Waals surface area contributed by atoms with Crippen molar-refractivity contribution in [3.05, 3.63) is 22.8 Å². The van der Waals surface area contributed by atoms with Crippen LogP contribution in [0.4, 0.5) is 5.82 Å². The Kier molecular flexibility index (Phi) is 4.55. The summed E-state index contributed by atoms with van der Waals surface area (Å²) in [5.41, 5.74) is -0.000546. The molecule has 0 atom stereocenters. The van der Waals surface area contributed by atoms with Crippen molar-refractivity contribution in [2.45, 2.75) is 27.2 Å². The van der Waals surface area contributed by atoms with Gasteiger partial charge in [0.1, 0.15) is 5.82 Å². The first kappa shape index (κ1) is 14.4. The van der Waals surface area contributed by atoms with E-state index in [0.29, 0.717) is 12.2 Å². The van der Waals surface area contributed by atoms with Crippen LogP contribution >= 0.6 is 15.9 Å². The molecule has 0 unspecified atom stereocenters. The van der Waals surface area contributed by atoms with E-state index in [9.17, 15) is 8.42 Å². The predicted molar refractivity (Wildman–Crippen MR) is 73.4 cm³/mol. The Bertz CT molecular complexity index is 480. The zero-order valence-electron chi connectivity index (χ0n) is 10.2.